The van der Waals surface area contributed by atoms with E-state index in [9.17, 15) is 24.8 Å². The van der Waals surface area contributed by atoms with E-state index in [2.05, 4.69) is 0 Å². The summed E-state index contributed by atoms with van der Waals surface area (Å²) in [5, 5.41) is 23.0. The minimum absolute atomic E-state index is 0.105. The molecule has 8 nitrogen and oxygen atoms in total. The molecule has 3 aromatic rings. The van der Waals surface area contributed by atoms with Crippen molar-refractivity contribution in [2.24, 2.45) is 0 Å². The SMILES string of the molecule is O=C1C(=O)N(Cc2ccco2)C(c2ccccc2[N+](=O)[O-])/C1=C(\O)c1ccc(Cl)cc1. The van der Waals surface area contributed by atoms with Gasteiger partial charge in [0, 0.05) is 16.7 Å². The van der Waals surface area contributed by atoms with Crippen LogP contribution in [0.15, 0.2) is 76.9 Å². The number of carbonyl (C=O) groups is 2. The number of hydrogen-bond acceptors (Lipinski definition) is 6. The average Bonchev–Trinajstić information content (AvgIpc) is 3.36. The molecule has 9 heteroatoms. The Morgan fingerprint density at radius 2 is 1.81 bits per heavy atom. The van der Waals surface area contributed by atoms with Crippen molar-refractivity contribution >= 4 is 34.7 Å². The monoisotopic (exact) mass is 438 g/mol. The third kappa shape index (κ3) is 3.69. The first-order chi connectivity index (χ1) is 14.9. The zero-order chi connectivity index (χ0) is 22.1. The molecule has 2 heterocycles. The number of likely N-dealkylation sites (tertiary alicyclic amines) is 1. The molecule has 1 saturated heterocycles. The minimum Gasteiger partial charge on any atom is -0.507 e. The van der Waals surface area contributed by atoms with Gasteiger partial charge < -0.3 is 14.4 Å². The van der Waals surface area contributed by atoms with Gasteiger partial charge in [-0.2, -0.15) is 0 Å². The third-order valence-electron chi connectivity index (χ3n) is 4.99. The van der Waals surface area contributed by atoms with Crippen LogP contribution in [0.3, 0.4) is 0 Å². The van der Waals surface area contributed by atoms with Gasteiger partial charge in [0.2, 0.25) is 0 Å². The van der Waals surface area contributed by atoms with E-state index >= 15 is 0 Å². The minimum atomic E-state index is -1.18. The number of halogens is 1. The van der Waals surface area contributed by atoms with Crippen LogP contribution in [-0.2, 0) is 16.1 Å². The number of nitro groups is 1. The van der Waals surface area contributed by atoms with Crippen LogP contribution in [0.1, 0.15) is 22.9 Å². The second kappa shape index (κ2) is 8.08. The van der Waals surface area contributed by atoms with Crippen molar-refractivity contribution in [1.82, 2.24) is 4.90 Å². The molecule has 0 saturated carbocycles. The summed E-state index contributed by atoms with van der Waals surface area (Å²) in [7, 11) is 0. The highest BCUT2D eigenvalue weighted by Gasteiger charge is 2.48. The molecule has 1 amide bonds. The molecule has 1 unspecified atom stereocenters. The van der Waals surface area contributed by atoms with Gasteiger partial charge in [0.25, 0.3) is 17.4 Å². The molecular weight excluding hydrogens is 424 g/mol. The second-order valence-corrected chi connectivity index (χ2v) is 7.27. The Bertz CT molecular complexity index is 1200. The largest absolute Gasteiger partial charge is 0.507 e. The van der Waals surface area contributed by atoms with Gasteiger partial charge in [-0.3, -0.25) is 19.7 Å². The third-order valence-corrected chi connectivity index (χ3v) is 5.24. The second-order valence-electron chi connectivity index (χ2n) is 6.83. The average molecular weight is 439 g/mol. The summed E-state index contributed by atoms with van der Waals surface area (Å²) < 4.78 is 5.30. The van der Waals surface area contributed by atoms with E-state index in [-0.39, 0.29) is 28.9 Å². The molecule has 0 bridgehead atoms. The molecular formula is C22H15ClN2O6. The number of aliphatic hydroxyl groups excluding tert-OH is 1. The van der Waals surface area contributed by atoms with Crippen LogP contribution in [0.4, 0.5) is 5.69 Å². The molecule has 0 spiro atoms. The Hall–Kier alpha value is -3.91. The number of carbonyl (C=O) groups excluding carboxylic acids is 2. The van der Waals surface area contributed by atoms with E-state index in [1.165, 1.54) is 48.7 Å². The Labute approximate surface area is 181 Å². The number of ketones is 1. The number of nitrogens with zero attached hydrogens (tertiary/aromatic N) is 2. The van der Waals surface area contributed by atoms with Gasteiger partial charge in [0.05, 0.1) is 34.9 Å². The molecule has 31 heavy (non-hydrogen) atoms. The lowest BCUT2D eigenvalue weighted by atomic mass is 9.94. The first-order valence-corrected chi connectivity index (χ1v) is 9.56. The van der Waals surface area contributed by atoms with Crippen molar-refractivity contribution in [1.29, 1.82) is 0 Å². The Morgan fingerprint density at radius 3 is 2.45 bits per heavy atom. The van der Waals surface area contributed by atoms with E-state index < -0.39 is 28.4 Å². The Morgan fingerprint density at radius 1 is 1.10 bits per heavy atom. The van der Waals surface area contributed by atoms with Crippen molar-refractivity contribution in [3.05, 3.63) is 105 Å². The van der Waals surface area contributed by atoms with Gasteiger partial charge in [-0.1, -0.05) is 23.7 Å². The maximum Gasteiger partial charge on any atom is 0.296 e. The highest BCUT2D eigenvalue weighted by molar-refractivity contribution is 6.46. The Kier molecular flexibility index (Phi) is 5.31. The Balaban J connectivity index is 1.93. The number of benzene rings is 2. The van der Waals surface area contributed by atoms with Crippen LogP contribution >= 0.6 is 11.6 Å². The molecule has 2 aromatic carbocycles. The van der Waals surface area contributed by atoms with Gasteiger partial charge >= 0.3 is 0 Å². The lowest BCUT2D eigenvalue weighted by molar-refractivity contribution is -0.385. The first-order valence-electron chi connectivity index (χ1n) is 9.18. The number of hydrogen-bond donors (Lipinski definition) is 1. The van der Waals surface area contributed by atoms with Crippen LogP contribution in [0, 0.1) is 10.1 Å². The zero-order valence-electron chi connectivity index (χ0n) is 15.9. The molecule has 1 atom stereocenters. The van der Waals surface area contributed by atoms with Gasteiger partial charge in [0.1, 0.15) is 11.5 Å². The van der Waals surface area contributed by atoms with E-state index in [0.29, 0.717) is 10.8 Å². The van der Waals surface area contributed by atoms with Crippen LogP contribution in [-0.4, -0.2) is 26.6 Å². The molecule has 1 aliphatic heterocycles. The maximum absolute atomic E-state index is 13.0. The zero-order valence-corrected chi connectivity index (χ0v) is 16.7. The predicted molar refractivity (Wildman–Crippen MR) is 111 cm³/mol. The van der Waals surface area contributed by atoms with Crippen molar-refractivity contribution in [3.63, 3.8) is 0 Å². The number of amides is 1. The molecule has 1 fully saturated rings. The fourth-order valence-corrected chi connectivity index (χ4v) is 3.71. The fraction of sp³-hybridized carbons (Fsp3) is 0.0909. The van der Waals surface area contributed by atoms with Crippen LogP contribution in [0.2, 0.25) is 5.02 Å². The molecule has 156 valence electrons. The number of aliphatic hydroxyl groups is 1. The van der Waals surface area contributed by atoms with Gasteiger partial charge in [0.15, 0.2) is 0 Å². The molecule has 1 N–H and O–H groups in total. The van der Waals surface area contributed by atoms with Crippen molar-refractivity contribution < 1.29 is 24.0 Å². The van der Waals surface area contributed by atoms with Gasteiger partial charge in [-0.05, 0) is 42.5 Å². The van der Waals surface area contributed by atoms with Crippen molar-refractivity contribution in [2.45, 2.75) is 12.6 Å². The first kappa shape index (κ1) is 20.4. The molecule has 0 aliphatic carbocycles. The quantitative estimate of drug-likeness (QED) is 0.207. The lowest BCUT2D eigenvalue weighted by Gasteiger charge is -2.24. The normalized spacial score (nSPS) is 17.8. The number of nitro benzene ring substituents is 1. The number of para-hydroxylation sites is 1. The predicted octanol–water partition coefficient (Wildman–Crippen LogP) is 4.46. The van der Waals surface area contributed by atoms with E-state index in [1.54, 1.807) is 18.2 Å². The summed E-state index contributed by atoms with van der Waals surface area (Å²) in [6.45, 7) is -0.105. The van der Waals surface area contributed by atoms with Gasteiger partial charge in [-0.15, -0.1) is 0 Å². The van der Waals surface area contributed by atoms with E-state index in [4.69, 9.17) is 16.0 Å². The maximum atomic E-state index is 13.0. The molecule has 1 aliphatic rings. The standard InChI is InChI=1S/C22H15ClN2O6/c23-14-9-7-13(8-10-14)20(26)18-19(16-5-1-2-6-17(16)25(29)30)24(22(28)21(18)27)12-15-4-3-11-31-15/h1-11,19,26H,12H2/b20-18+. The summed E-state index contributed by atoms with van der Waals surface area (Å²) in [5.41, 5.74) is -0.160. The van der Waals surface area contributed by atoms with Crippen LogP contribution < -0.4 is 0 Å². The summed E-state index contributed by atoms with van der Waals surface area (Å²) >= 11 is 5.90. The lowest BCUT2D eigenvalue weighted by Crippen LogP contribution is -2.29. The summed E-state index contributed by atoms with van der Waals surface area (Å²) in [5.74, 6) is -1.89. The molecule has 4 rings (SSSR count). The molecule has 0 radical (unpaired) electrons. The summed E-state index contributed by atoms with van der Waals surface area (Å²) in [6, 6.07) is 13.9. The number of Topliss-reactive ketones (excluding diaryl/α,β-unsaturated/α-hetero) is 1. The fourth-order valence-electron chi connectivity index (χ4n) is 3.59. The van der Waals surface area contributed by atoms with Gasteiger partial charge in [-0.25, -0.2) is 0 Å². The molecule has 1 aromatic heterocycles. The van der Waals surface area contributed by atoms with Crippen molar-refractivity contribution in [3.8, 4) is 0 Å². The van der Waals surface area contributed by atoms with Crippen LogP contribution in [0.25, 0.3) is 5.76 Å². The van der Waals surface area contributed by atoms with Crippen LogP contribution in [0.5, 0.6) is 0 Å². The highest BCUT2D eigenvalue weighted by Crippen LogP contribution is 2.43. The summed E-state index contributed by atoms with van der Waals surface area (Å²) in [4.78, 5) is 38.1. The van der Waals surface area contributed by atoms with E-state index in [0.717, 1.165) is 4.90 Å². The smallest absolute Gasteiger partial charge is 0.296 e. The summed E-state index contributed by atoms with van der Waals surface area (Å²) in [6.07, 6.45) is 1.42. The number of rotatable bonds is 5. The topological polar surface area (TPSA) is 114 Å². The van der Waals surface area contributed by atoms with E-state index in [1.807, 2.05) is 0 Å². The highest BCUT2D eigenvalue weighted by atomic mass is 35.5. The number of furan rings is 1. The van der Waals surface area contributed by atoms with Crippen molar-refractivity contribution in [2.75, 3.05) is 0 Å².